The van der Waals surface area contributed by atoms with Gasteiger partial charge in [0.2, 0.25) is 0 Å². The maximum absolute atomic E-state index is 3.34. The van der Waals surface area contributed by atoms with Gasteiger partial charge in [0, 0.05) is 6.54 Å². The van der Waals surface area contributed by atoms with Crippen molar-refractivity contribution in [3.63, 3.8) is 0 Å². The van der Waals surface area contributed by atoms with Crippen LogP contribution in [0.25, 0.3) is 0 Å². The van der Waals surface area contributed by atoms with E-state index in [1.54, 1.807) is 0 Å². The first kappa shape index (κ1) is 15.2. The zero-order valence-corrected chi connectivity index (χ0v) is 12.3. The fourth-order valence-corrected chi connectivity index (χ4v) is 2.55. The summed E-state index contributed by atoms with van der Waals surface area (Å²) in [6, 6.07) is 8.99. The van der Waals surface area contributed by atoms with Gasteiger partial charge in [-0.15, -0.1) is 0 Å². The Morgan fingerprint density at radius 3 is 2.56 bits per heavy atom. The van der Waals surface area contributed by atoms with E-state index >= 15 is 0 Å². The van der Waals surface area contributed by atoms with Crippen LogP contribution in [0.2, 0.25) is 0 Å². The van der Waals surface area contributed by atoms with Crippen molar-refractivity contribution < 1.29 is 0 Å². The van der Waals surface area contributed by atoms with Crippen LogP contribution in [0, 0.1) is 6.92 Å². The maximum atomic E-state index is 3.34. The van der Waals surface area contributed by atoms with Crippen LogP contribution in [0.3, 0.4) is 0 Å². The van der Waals surface area contributed by atoms with E-state index in [1.165, 1.54) is 49.7 Å². The van der Waals surface area contributed by atoms with Gasteiger partial charge in [0.05, 0.1) is 0 Å². The van der Waals surface area contributed by atoms with Crippen molar-refractivity contribution in [2.24, 2.45) is 0 Å². The normalized spacial score (nSPS) is 12.6. The van der Waals surface area contributed by atoms with Crippen molar-refractivity contribution >= 4 is 0 Å². The van der Waals surface area contributed by atoms with E-state index in [1.807, 2.05) is 0 Å². The first-order chi connectivity index (χ1) is 8.77. The lowest BCUT2D eigenvalue weighted by Gasteiger charge is -2.17. The van der Waals surface area contributed by atoms with E-state index in [0.717, 1.165) is 6.54 Å². The van der Waals surface area contributed by atoms with Crippen molar-refractivity contribution in [2.75, 3.05) is 13.6 Å². The molecule has 0 saturated heterocycles. The molecule has 1 heteroatoms. The van der Waals surface area contributed by atoms with Crippen molar-refractivity contribution in [3.8, 4) is 0 Å². The molecule has 0 fully saturated rings. The Balaban J connectivity index is 2.44. The Morgan fingerprint density at radius 1 is 1.11 bits per heavy atom. The lowest BCUT2D eigenvalue weighted by Crippen LogP contribution is -2.17. The molecule has 0 heterocycles. The van der Waals surface area contributed by atoms with Gasteiger partial charge in [-0.1, -0.05) is 68.9 Å². The maximum Gasteiger partial charge on any atom is 0.00171 e. The lowest BCUT2D eigenvalue weighted by molar-refractivity contribution is 0.527. The van der Waals surface area contributed by atoms with Crippen LogP contribution in [0.15, 0.2) is 24.3 Å². The minimum absolute atomic E-state index is 0.677. The van der Waals surface area contributed by atoms with E-state index in [9.17, 15) is 0 Å². The highest BCUT2D eigenvalue weighted by molar-refractivity contribution is 5.25. The number of unbranched alkanes of at least 4 members (excludes halogenated alkanes) is 4. The molecule has 0 amide bonds. The first-order valence-corrected chi connectivity index (χ1v) is 7.49. The molecule has 1 atom stereocenters. The summed E-state index contributed by atoms with van der Waals surface area (Å²) < 4.78 is 0. The minimum atomic E-state index is 0.677. The highest BCUT2D eigenvalue weighted by Gasteiger charge is 2.10. The van der Waals surface area contributed by atoms with Crippen LogP contribution in [0.1, 0.15) is 62.5 Å². The molecule has 102 valence electrons. The van der Waals surface area contributed by atoms with Gasteiger partial charge in [0.15, 0.2) is 0 Å². The molecule has 1 rings (SSSR count). The molecule has 0 aliphatic rings. The Bertz CT molecular complexity index is 319. The Kier molecular flexibility index (Phi) is 7.75. The quantitative estimate of drug-likeness (QED) is 0.626. The van der Waals surface area contributed by atoms with Crippen molar-refractivity contribution in [1.82, 2.24) is 5.32 Å². The number of hydrogen-bond acceptors (Lipinski definition) is 1. The predicted molar refractivity (Wildman–Crippen MR) is 81.2 cm³/mol. The van der Waals surface area contributed by atoms with Crippen LogP contribution >= 0.6 is 0 Å². The second kappa shape index (κ2) is 9.16. The third-order valence-corrected chi connectivity index (χ3v) is 3.62. The number of likely N-dealkylation sites (N-methyl/N-ethyl adjacent to an activating group) is 1. The van der Waals surface area contributed by atoms with E-state index in [-0.39, 0.29) is 0 Å². The minimum Gasteiger partial charge on any atom is -0.319 e. The standard InChI is InChI=1S/C17H29N/c1-4-5-6-7-8-11-17(14-18-3)16-12-9-10-15(2)13-16/h9-10,12-13,17-18H,4-8,11,14H2,1-3H3. The number of benzene rings is 1. The Labute approximate surface area is 113 Å². The predicted octanol–water partition coefficient (Wildman–Crippen LogP) is 4.66. The second-order valence-electron chi connectivity index (χ2n) is 5.37. The van der Waals surface area contributed by atoms with E-state index in [0.29, 0.717) is 5.92 Å². The number of nitrogens with one attached hydrogen (secondary N) is 1. The number of hydrogen-bond donors (Lipinski definition) is 1. The van der Waals surface area contributed by atoms with Crippen molar-refractivity contribution in [2.45, 2.75) is 58.3 Å². The molecular weight excluding hydrogens is 218 g/mol. The zero-order chi connectivity index (χ0) is 13.2. The molecule has 1 aromatic rings. The molecule has 0 aliphatic carbocycles. The molecule has 0 aromatic heterocycles. The summed E-state index contributed by atoms with van der Waals surface area (Å²) >= 11 is 0. The summed E-state index contributed by atoms with van der Waals surface area (Å²) in [5.41, 5.74) is 2.87. The van der Waals surface area contributed by atoms with Gasteiger partial charge in [0.1, 0.15) is 0 Å². The Morgan fingerprint density at radius 2 is 1.89 bits per heavy atom. The molecule has 1 aromatic carbocycles. The smallest absolute Gasteiger partial charge is 0.00171 e. The summed E-state index contributed by atoms with van der Waals surface area (Å²) in [4.78, 5) is 0. The van der Waals surface area contributed by atoms with Crippen molar-refractivity contribution in [1.29, 1.82) is 0 Å². The van der Waals surface area contributed by atoms with Gasteiger partial charge in [0.25, 0.3) is 0 Å². The highest BCUT2D eigenvalue weighted by atomic mass is 14.8. The van der Waals surface area contributed by atoms with Gasteiger partial charge < -0.3 is 5.32 Å². The molecule has 0 radical (unpaired) electrons. The zero-order valence-electron chi connectivity index (χ0n) is 12.3. The van der Waals surface area contributed by atoms with E-state index in [4.69, 9.17) is 0 Å². The van der Waals surface area contributed by atoms with Crippen LogP contribution < -0.4 is 5.32 Å². The molecule has 0 bridgehead atoms. The van der Waals surface area contributed by atoms with E-state index in [2.05, 4.69) is 50.5 Å². The highest BCUT2D eigenvalue weighted by Crippen LogP contribution is 2.23. The van der Waals surface area contributed by atoms with Crippen molar-refractivity contribution in [3.05, 3.63) is 35.4 Å². The molecule has 0 saturated carbocycles. The molecule has 1 unspecified atom stereocenters. The van der Waals surface area contributed by atoms with Crippen LogP contribution in [0.5, 0.6) is 0 Å². The van der Waals surface area contributed by atoms with Gasteiger partial charge >= 0.3 is 0 Å². The Hall–Kier alpha value is -0.820. The molecule has 0 spiro atoms. The van der Waals surface area contributed by atoms with Gasteiger partial charge in [-0.2, -0.15) is 0 Å². The molecule has 1 N–H and O–H groups in total. The monoisotopic (exact) mass is 247 g/mol. The second-order valence-corrected chi connectivity index (χ2v) is 5.37. The molecule has 0 aliphatic heterocycles. The van der Waals surface area contributed by atoms with Crippen LogP contribution in [0.4, 0.5) is 0 Å². The number of rotatable bonds is 9. The summed E-state index contributed by atoms with van der Waals surface area (Å²) in [5, 5.41) is 3.34. The van der Waals surface area contributed by atoms with Gasteiger partial charge in [-0.3, -0.25) is 0 Å². The fraction of sp³-hybridized carbons (Fsp3) is 0.647. The largest absolute Gasteiger partial charge is 0.319 e. The van der Waals surface area contributed by atoms with Crippen LogP contribution in [-0.2, 0) is 0 Å². The molecular formula is C17H29N. The van der Waals surface area contributed by atoms with Gasteiger partial charge in [-0.25, -0.2) is 0 Å². The molecule has 1 nitrogen and oxygen atoms in total. The third kappa shape index (κ3) is 5.68. The summed E-state index contributed by atoms with van der Waals surface area (Å²) in [7, 11) is 2.06. The average Bonchev–Trinajstić information content (AvgIpc) is 2.37. The van der Waals surface area contributed by atoms with Crippen LogP contribution in [-0.4, -0.2) is 13.6 Å². The topological polar surface area (TPSA) is 12.0 Å². The third-order valence-electron chi connectivity index (χ3n) is 3.62. The number of aryl methyl sites for hydroxylation is 1. The fourth-order valence-electron chi connectivity index (χ4n) is 2.55. The van der Waals surface area contributed by atoms with Gasteiger partial charge in [-0.05, 0) is 31.9 Å². The lowest BCUT2D eigenvalue weighted by atomic mass is 9.92. The molecule has 18 heavy (non-hydrogen) atoms. The first-order valence-electron chi connectivity index (χ1n) is 7.49. The summed E-state index contributed by atoms with van der Waals surface area (Å²) in [6.07, 6.45) is 8.18. The SMILES string of the molecule is CCCCCCCC(CNC)c1cccc(C)c1. The summed E-state index contributed by atoms with van der Waals surface area (Å²) in [6.45, 7) is 5.55. The average molecular weight is 247 g/mol. The summed E-state index contributed by atoms with van der Waals surface area (Å²) in [5.74, 6) is 0.677. The van der Waals surface area contributed by atoms with E-state index < -0.39 is 0 Å².